The van der Waals surface area contributed by atoms with E-state index in [1.165, 1.54) is 0 Å². The van der Waals surface area contributed by atoms with Gasteiger partial charge in [0.2, 0.25) is 0 Å². The van der Waals surface area contributed by atoms with Crippen LogP contribution in [0.3, 0.4) is 0 Å². The van der Waals surface area contributed by atoms with Crippen molar-refractivity contribution in [1.82, 2.24) is 4.90 Å². The number of thiophene rings is 1. The van der Waals surface area contributed by atoms with Gasteiger partial charge in [-0.3, -0.25) is 4.79 Å². The highest BCUT2D eigenvalue weighted by molar-refractivity contribution is 9.10. The summed E-state index contributed by atoms with van der Waals surface area (Å²) in [5.74, 6) is 0.781. The van der Waals surface area contributed by atoms with Crippen LogP contribution in [0.5, 0.6) is 5.75 Å². The Labute approximate surface area is 184 Å². The van der Waals surface area contributed by atoms with Gasteiger partial charge in [0, 0.05) is 26.8 Å². The third-order valence-corrected chi connectivity index (χ3v) is 6.17. The highest BCUT2D eigenvalue weighted by Gasteiger charge is 2.17. The van der Waals surface area contributed by atoms with Crippen LogP contribution in [0.2, 0.25) is 0 Å². The molecule has 0 aliphatic rings. The Morgan fingerprint density at radius 1 is 1.07 bits per heavy atom. The van der Waals surface area contributed by atoms with E-state index in [1.807, 2.05) is 64.9 Å². The average molecular weight is 473 g/mol. The lowest BCUT2D eigenvalue weighted by Crippen LogP contribution is -2.31. The van der Waals surface area contributed by atoms with Gasteiger partial charge in [-0.2, -0.15) is 0 Å². The first-order valence-corrected chi connectivity index (χ1v) is 11.3. The smallest absolute Gasteiger partial charge is 0.254 e. The molecular weight excluding hydrogens is 448 g/mol. The zero-order chi connectivity index (χ0) is 20.5. The Balaban J connectivity index is 1.64. The monoisotopic (exact) mass is 472 g/mol. The van der Waals surface area contributed by atoms with Crippen molar-refractivity contribution in [2.75, 3.05) is 13.1 Å². The second kappa shape index (κ2) is 11.1. The fourth-order valence-electron chi connectivity index (χ4n) is 2.94. The molecule has 1 aromatic heterocycles. The Hall–Kier alpha value is -2.15. The van der Waals surface area contributed by atoms with Crippen LogP contribution >= 0.6 is 27.3 Å². The third kappa shape index (κ3) is 6.70. The molecule has 2 N–H and O–H groups in total. The quantitative estimate of drug-likeness (QED) is 0.398. The number of benzene rings is 2. The topological polar surface area (TPSA) is 55.6 Å². The molecule has 1 heterocycles. The molecule has 2 aromatic carbocycles. The van der Waals surface area contributed by atoms with E-state index >= 15 is 0 Å². The van der Waals surface area contributed by atoms with Gasteiger partial charge in [-0.15, -0.1) is 11.3 Å². The van der Waals surface area contributed by atoms with Crippen molar-refractivity contribution in [2.45, 2.75) is 26.0 Å². The van der Waals surface area contributed by atoms with Crippen molar-refractivity contribution in [3.05, 3.63) is 86.5 Å². The van der Waals surface area contributed by atoms with E-state index in [9.17, 15) is 4.79 Å². The lowest BCUT2D eigenvalue weighted by molar-refractivity contribution is 0.0742. The highest BCUT2D eigenvalue weighted by Crippen LogP contribution is 2.23. The molecule has 29 heavy (non-hydrogen) atoms. The van der Waals surface area contributed by atoms with Crippen LogP contribution in [0.1, 0.15) is 33.6 Å². The number of unbranched alkanes of at least 4 members (excludes halogenated alkanes) is 1. The normalized spacial score (nSPS) is 10.7. The van der Waals surface area contributed by atoms with Gasteiger partial charge >= 0.3 is 0 Å². The number of hydrogen-bond donors (Lipinski definition) is 1. The Bertz CT molecular complexity index is 897. The van der Waals surface area contributed by atoms with Gasteiger partial charge in [0.1, 0.15) is 12.4 Å². The van der Waals surface area contributed by atoms with E-state index in [4.69, 9.17) is 10.5 Å². The van der Waals surface area contributed by atoms with Crippen molar-refractivity contribution in [1.29, 1.82) is 0 Å². The van der Waals surface area contributed by atoms with Gasteiger partial charge in [0.25, 0.3) is 5.91 Å². The van der Waals surface area contributed by atoms with Crippen LogP contribution in [-0.2, 0) is 13.2 Å². The maximum absolute atomic E-state index is 13.1. The van der Waals surface area contributed by atoms with Crippen LogP contribution < -0.4 is 10.5 Å². The molecule has 0 saturated heterocycles. The summed E-state index contributed by atoms with van der Waals surface area (Å²) in [6.07, 6.45) is 1.80. The van der Waals surface area contributed by atoms with Crippen molar-refractivity contribution >= 4 is 33.2 Å². The van der Waals surface area contributed by atoms with Crippen LogP contribution in [-0.4, -0.2) is 23.9 Å². The summed E-state index contributed by atoms with van der Waals surface area (Å²) in [5, 5.41) is 2.04. The maximum Gasteiger partial charge on any atom is 0.254 e. The molecule has 4 nitrogen and oxygen atoms in total. The largest absolute Gasteiger partial charge is 0.489 e. The molecule has 1 amide bonds. The summed E-state index contributed by atoms with van der Waals surface area (Å²) in [4.78, 5) is 16.1. The minimum atomic E-state index is 0.0288. The van der Waals surface area contributed by atoms with Gasteiger partial charge in [-0.1, -0.05) is 30.3 Å². The zero-order valence-electron chi connectivity index (χ0n) is 16.2. The Morgan fingerprint density at radius 3 is 2.48 bits per heavy atom. The van der Waals surface area contributed by atoms with Gasteiger partial charge in [0.15, 0.2) is 0 Å². The molecule has 0 unspecified atom stereocenters. The SMILES string of the molecule is NCCCCN(Cc1cc(Br)cs1)C(=O)c1ccc(OCc2ccccc2)cc1. The first-order valence-electron chi connectivity index (χ1n) is 9.65. The maximum atomic E-state index is 13.1. The number of nitrogens with two attached hydrogens (primary N) is 1. The number of hydrogen-bond acceptors (Lipinski definition) is 4. The van der Waals surface area contributed by atoms with Crippen LogP contribution in [0.15, 0.2) is 70.5 Å². The average Bonchev–Trinajstić information content (AvgIpc) is 3.17. The molecule has 0 aliphatic heterocycles. The second-order valence-corrected chi connectivity index (χ2v) is 8.66. The van der Waals surface area contributed by atoms with E-state index in [0.29, 0.717) is 31.8 Å². The summed E-state index contributed by atoms with van der Waals surface area (Å²) >= 11 is 5.14. The number of carbonyl (C=O) groups is 1. The van der Waals surface area contributed by atoms with Crippen LogP contribution in [0.4, 0.5) is 0 Å². The lowest BCUT2D eigenvalue weighted by Gasteiger charge is -2.22. The summed E-state index contributed by atoms with van der Waals surface area (Å²) in [6, 6.07) is 19.5. The van der Waals surface area contributed by atoms with Gasteiger partial charge in [-0.05, 0) is 71.2 Å². The number of nitrogens with zero attached hydrogens (tertiary/aromatic N) is 1. The van der Waals surface area contributed by atoms with E-state index in [-0.39, 0.29) is 5.91 Å². The molecule has 0 spiro atoms. The van der Waals surface area contributed by atoms with Crippen LogP contribution in [0, 0.1) is 0 Å². The molecule has 0 saturated carbocycles. The predicted molar refractivity (Wildman–Crippen MR) is 122 cm³/mol. The van der Waals surface area contributed by atoms with Gasteiger partial charge in [-0.25, -0.2) is 0 Å². The van der Waals surface area contributed by atoms with Crippen molar-refractivity contribution in [2.24, 2.45) is 5.73 Å². The van der Waals surface area contributed by atoms with E-state index < -0.39 is 0 Å². The zero-order valence-corrected chi connectivity index (χ0v) is 18.6. The van der Waals surface area contributed by atoms with E-state index in [1.54, 1.807) is 11.3 Å². The first kappa shape index (κ1) is 21.6. The first-order chi connectivity index (χ1) is 14.2. The molecule has 0 atom stereocenters. The Morgan fingerprint density at radius 2 is 1.83 bits per heavy atom. The minimum absolute atomic E-state index is 0.0288. The second-order valence-electron chi connectivity index (χ2n) is 6.75. The molecular formula is C23H25BrN2O2S. The van der Waals surface area contributed by atoms with Crippen LogP contribution in [0.25, 0.3) is 0 Å². The number of halogens is 1. The van der Waals surface area contributed by atoms with Gasteiger partial charge in [0.05, 0.1) is 6.54 Å². The number of ether oxygens (including phenoxy) is 1. The summed E-state index contributed by atoms with van der Waals surface area (Å²) in [7, 11) is 0. The Kier molecular flexibility index (Phi) is 8.28. The van der Waals surface area contributed by atoms with E-state index in [2.05, 4.69) is 22.0 Å². The molecule has 0 aliphatic carbocycles. The van der Waals surface area contributed by atoms with E-state index in [0.717, 1.165) is 33.5 Å². The lowest BCUT2D eigenvalue weighted by atomic mass is 10.1. The number of amides is 1. The number of carbonyl (C=O) groups excluding carboxylic acids is 1. The standard InChI is InChI=1S/C23H25BrN2O2S/c24-20-14-22(29-17-20)15-26(13-5-4-12-25)23(27)19-8-10-21(11-9-19)28-16-18-6-2-1-3-7-18/h1-3,6-11,14,17H,4-5,12-13,15-16,25H2. The number of rotatable bonds is 10. The molecule has 0 radical (unpaired) electrons. The summed E-state index contributed by atoms with van der Waals surface area (Å²) in [5.41, 5.74) is 7.40. The van der Waals surface area contributed by atoms with Crippen molar-refractivity contribution in [3.63, 3.8) is 0 Å². The molecule has 3 rings (SSSR count). The molecule has 152 valence electrons. The van der Waals surface area contributed by atoms with Crippen molar-refractivity contribution in [3.8, 4) is 5.75 Å². The summed E-state index contributed by atoms with van der Waals surface area (Å²) in [6.45, 7) is 2.44. The predicted octanol–water partition coefficient (Wildman–Crippen LogP) is 5.47. The molecule has 0 fully saturated rings. The summed E-state index contributed by atoms with van der Waals surface area (Å²) < 4.78 is 6.87. The third-order valence-electron chi connectivity index (χ3n) is 4.49. The van der Waals surface area contributed by atoms with Gasteiger partial charge < -0.3 is 15.4 Å². The highest BCUT2D eigenvalue weighted by atomic mass is 79.9. The molecule has 3 aromatic rings. The minimum Gasteiger partial charge on any atom is -0.489 e. The molecule has 0 bridgehead atoms. The fraction of sp³-hybridized carbons (Fsp3) is 0.261. The van der Waals surface area contributed by atoms with Crippen molar-refractivity contribution < 1.29 is 9.53 Å². The fourth-order valence-corrected chi connectivity index (χ4v) is 4.41. The molecule has 6 heteroatoms.